The maximum Gasteiger partial charge on any atom is 0.222 e. The smallest absolute Gasteiger partial charge is 0.222 e. The molecule has 16 heavy (non-hydrogen) atoms. The van der Waals surface area contributed by atoms with Gasteiger partial charge in [0.05, 0.1) is 6.10 Å². The van der Waals surface area contributed by atoms with Crippen molar-refractivity contribution in [2.45, 2.75) is 45.1 Å². The van der Waals surface area contributed by atoms with E-state index in [-0.39, 0.29) is 12.0 Å². The van der Waals surface area contributed by atoms with Crippen LogP contribution in [0.4, 0.5) is 0 Å². The molecule has 0 spiro atoms. The molecule has 1 N–H and O–H groups in total. The number of carbonyl (C=O) groups excluding carboxylic acids is 1. The van der Waals surface area contributed by atoms with Gasteiger partial charge in [0.25, 0.3) is 0 Å². The Labute approximate surface area is 103 Å². The number of amides is 1. The molecule has 4 heteroatoms. The lowest BCUT2D eigenvalue weighted by Gasteiger charge is -2.33. The molecule has 1 heterocycles. The molecule has 1 aliphatic rings. The molecule has 1 aliphatic heterocycles. The van der Waals surface area contributed by atoms with E-state index in [4.69, 9.17) is 11.6 Å². The summed E-state index contributed by atoms with van der Waals surface area (Å²) in [5.41, 5.74) is 0. The first-order valence-electron chi connectivity index (χ1n) is 6.17. The summed E-state index contributed by atoms with van der Waals surface area (Å²) in [5.74, 6) is 1.25. The van der Waals surface area contributed by atoms with Crippen molar-refractivity contribution in [3.63, 3.8) is 0 Å². The van der Waals surface area contributed by atoms with Crippen LogP contribution in [0, 0.1) is 5.92 Å². The molecule has 3 nitrogen and oxygen atoms in total. The van der Waals surface area contributed by atoms with Gasteiger partial charge in [-0.05, 0) is 38.5 Å². The number of hydrogen-bond donors (Lipinski definition) is 1. The Kier molecular flexibility index (Phi) is 6.14. The van der Waals surface area contributed by atoms with E-state index in [1.165, 1.54) is 0 Å². The molecule has 0 saturated carbocycles. The van der Waals surface area contributed by atoms with Crippen LogP contribution in [0.3, 0.4) is 0 Å². The van der Waals surface area contributed by atoms with Gasteiger partial charge in [-0.1, -0.05) is 0 Å². The maximum absolute atomic E-state index is 11.8. The highest BCUT2D eigenvalue weighted by molar-refractivity contribution is 6.17. The first-order valence-corrected chi connectivity index (χ1v) is 6.70. The average molecular weight is 248 g/mol. The van der Waals surface area contributed by atoms with Gasteiger partial charge in [-0.2, -0.15) is 0 Å². The fourth-order valence-corrected chi connectivity index (χ4v) is 2.35. The maximum atomic E-state index is 11.8. The predicted molar refractivity (Wildman–Crippen MR) is 65.6 cm³/mol. The number of nitrogens with zero attached hydrogens (tertiary/aromatic N) is 1. The number of piperidine rings is 1. The van der Waals surface area contributed by atoms with Crippen molar-refractivity contribution < 1.29 is 9.90 Å². The molecule has 1 fully saturated rings. The first-order chi connectivity index (χ1) is 7.65. The molecule has 1 unspecified atom stereocenters. The van der Waals surface area contributed by atoms with Gasteiger partial charge < -0.3 is 10.0 Å². The summed E-state index contributed by atoms with van der Waals surface area (Å²) in [5, 5.41) is 9.46. The van der Waals surface area contributed by atoms with Gasteiger partial charge in [0.1, 0.15) is 0 Å². The highest BCUT2D eigenvalue weighted by atomic mass is 35.5. The molecule has 0 aliphatic carbocycles. The van der Waals surface area contributed by atoms with E-state index in [0.29, 0.717) is 18.2 Å². The Morgan fingerprint density at radius 1 is 1.44 bits per heavy atom. The summed E-state index contributed by atoms with van der Waals surface area (Å²) in [6.07, 6.45) is 4.04. The molecule has 0 aromatic rings. The van der Waals surface area contributed by atoms with Crippen molar-refractivity contribution in [3.05, 3.63) is 0 Å². The lowest BCUT2D eigenvalue weighted by molar-refractivity contribution is -0.133. The van der Waals surface area contributed by atoms with E-state index in [9.17, 15) is 9.90 Å². The lowest BCUT2D eigenvalue weighted by Crippen LogP contribution is -2.40. The van der Waals surface area contributed by atoms with Crippen LogP contribution in [0.25, 0.3) is 0 Å². The van der Waals surface area contributed by atoms with E-state index >= 15 is 0 Å². The molecule has 0 aromatic heterocycles. The number of rotatable bonds is 5. The zero-order valence-electron chi connectivity index (χ0n) is 9.99. The van der Waals surface area contributed by atoms with Gasteiger partial charge in [0.15, 0.2) is 0 Å². The fourth-order valence-electron chi connectivity index (χ4n) is 2.16. The molecular weight excluding hydrogens is 226 g/mol. The van der Waals surface area contributed by atoms with E-state index in [1.807, 2.05) is 11.8 Å². The standard InChI is InChI=1S/C12H22ClNO2/c1-10(15)11-5-8-14(9-6-11)12(16)4-2-3-7-13/h10-11,15H,2-9H2,1H3. The van der Waals surface area contributed by atoms with Crippen molar-refractivity contribution in [3.8, 4) is 0 Å². The highest BCUT2D eigenvalue weighted by Crippen LogP contribution is 2.21. The van der Waals surface area contributed by atoms with Crippen LogP contribution in [0.15, 0.2) is 0 Å². The number of carbonyl (C=O) groups is 1. The Bertz CT molecular complexity index is 213. The van der Waals surface area contributed by atoms with E-state index < -0.39 is 0 Å². The van der Waals surface area contributed by atoms with Crippen molar-refractivity contribution in [2.75, 3.05) is 19.0 Å². The van der Waals surface area contributed by atoms with Crippen LogP contribution in [0.1, 0.15) is 39.0 Å². The first kappa shape index (κ1) is 13.8. The summed E-state index contributed by atoms with van der Waals surface area (Å²) in [6.45, 7) is 3.44. The summed E-state index contributed by atoms with van der Waals surface area (Å²) in [6, 6.07) is 0. The minimum Gasteiger partial charge on any atom is -0.393 e. The van der Waals surface area contributed by atoms with Crippen LogP contribution in [-0.4, -0.2) is 41.0 Å². The minimum atomic E-state index is -0.242. The number of aliphatic hydroxyl groups is 1. The second kappa shape index (κ2) is 7.13. The Hall–Kier alpha value is -0.280. The zero-order valence-corrected chi connectivity index (χ0v) is 10.7. The Morgan fingerprint density at radius 2 is 2.06 bits per heavy atom. The summed E-state index contributed by atoms with van der Waals surface area (Å²) in [7, 11) is 0. The second-order valence-corrected chi connectivity index (χ2v) is 4.98. The number of halogens is 1. The lowest BCUT2D eigenvalue weighted by atomic mass is 9.92. The molecule has 94 valence electrons. The molecule has 1 saturated heterocycles. The quantitative estimate of drug-likeness (QED) is 0.597. The molecule has 0 bridgehead atoms. The van der Waals surface area contributed by atoms with Crippen molar-refractivity contribution >= 4 is 17.5 Å². The van der Waals surface area contributed by atoms with E-state index in [2.05, 4.69) is 0 Å². The molecule has 0 radical (unpaired) electrons. The number of alkyl halides is 1. The third kappa shape index (κ3) is 4.30. The number of hydrogen-bond acceptors (Lipinski definition) is 2. The predicted octanol–water partition coefficient (Wildman–Crippen LogP) is 2.01. The zero-order chi connectivity index (χ0) is 12.0. The molecule has 1 rings (SSSR count). The van der Waals surface area contributed by atoms with Gasteiger partial charge in [0.2, 0.25) is 5.91 Å². The van der Waals surface area contributed by atoms with Gasteiger partial charge >= 0.3 is 0 Å². The molecule has 0 aromatic carbocycles. The normalized spacial score (nSPS) is 19.8. The third-order valence-electron chi connectivity index (χ3n) is 3.35. The fraction of sp³-hybridized carbons (Fsp3) is 0.917. The second-order valence-electron chi connectivity index (χ2n) is 4.60. The monoisotopic (exact) mass is 247 g/mol. The van der Waals surface area contributed by atoms with Crippen LogP contribution in [-0.2, 0) is 4.79 Å². The van der Waals surface area contributed by atoms with Crippen molar-refractivity contribution in [2.24, 2.45) is 5.92 Å². The van der Waals surface area contributed by atoms with Gasteiger partial charge in [0, 0.05) is 25.4 Å². The van der Waals surface area contributed by atoms with E-state index in [1.54, 1.807) is 0 Å². The summed E-state index contributed by atoms with van der Waals surface area (Å²) < 4.78 is 0. The SMILES string of the molecule is CC(O)C1CCN(C(=O)CCCCCl)CC1. The minimum absolute atomic E-state index is 0.242. The third-order valence-corrected chi connectivity index (χ3v) is 3.62. The summed E-state index contributed by atoms with van der Waals surface area (Å²) in [4.78, 5) is 13.7. The van der Waals surface area contributed by atoms with Crippen LogP contribution in [0.5, 0.6) is 0 Å². The molecular formula is C12H22ClNO2. The van der Waals surface area contributed by atoms with Gasteiger partial charge in [-0.15, -0.1) is 11.6 Å². The largest absolute Gasteiger partial charge is 0.393 e. The number of likely N-dealkylation sites (tertiary alicyclic amines) is 1. The number of aliphatic hydroxyl groups excluding tert-OH is 1. The molecule has 1 atom stereocenters. The van der Waals surface area contributed by atoms with Crippen LogP contribution >= 0.6 is 11.6 Å². The van der Waals surface area contributed by atoms with Crippen LogP contribution in [0.2, 0.25) is 0 Å². The number of unbranched alkanes of at least 4 members (excludes halogenated alkanes) is 1. The average Bonchev–Trinajstić information content (AvgIpc) is 2.29. The summed E-state index contributed by atoms with van der Waals surface area (Å²) >= 11 is 5.57. The van der Waals surface area contributed by atoms with Gasteiger partial charge in [-0.25, -0.2) is 0 Å². The topological polar surface area (TPSA) is 40.5 Å². The molecule has 1 amide bonds. The van der Waals surface area contributed by atoms with Crippen LogP contribution < -0.4 is 0 Å². The van der Waals surface area contributed by atoms with Crippen molar-refractivity contribution in [1.29, 1.82) is 0 Å². The van der Waals surface area contributed by atoms with E-state index in [0.717, 1.165) is 38.8 Å². The Morgan fingerprint density at radius 3 is 2.56 bits per heavy atom. The van der Waals surface area contributed by atoms with Gasteiger partial charge in [-0.3, -0.25) is 4.79 Å². The highest BCUT2D eigenvalue weighted by Gasteiger charge is 2.24. The van der Waals surface area contributed by atoms with Crippen molar-refractivity contribution in [1.82, 2.24) is 4.90 Å². The Balaban J connectivity index is 2.22.